The molecule has 2 amide bonds. The van der Waals surface area contributed by atoms with Gasteiger partial charge in [-0.15, -0.1) is 11.8 Å². The number of hydrogen-bond donors (Lipinski definition) is 2. The van der Waals surface area contributed by atoms with E-state index >= 15 is 0 Å². The highest BCUT2D eigenvalue weighted by molar-refractivity contribution is 8.00. The third-order valence-corrected chi connectivity index (χ3v) is 9.05. The van der Waals surface area contributed by atoms with Gasteiger partial charge in [-0.2, -0.15) is 0 Å². The van der Waals surface area contributed by atoms with Crippen LogP contribution in [-0.4, -0.2) is 28.0 Å². The zero-order valence-electron chi connectivity index (χ0n) is 24.2. The lowest BCUT2D eigenvalue weighted by Gasteiger charge is -2.15. The van der Waals surface area contributed by atoms with E-state index in [4.69, 9.17) is 11.6 Å². The van der Waals surface area contributed by atoms with E-state index in [1.165, 1.54) is 41.6 Å². The van der Waals surface area contributed by atoms with Crippen molar-refractivity contribution in [2.45, 2.75) is 30.6 Å². The first-order chi connectivity index (χ1) is 21.9. The molecule has 0 atom stereocenters. The highest BCUT2D eigenvalue weighted by Crippen LogP contribution is 2.33. The minimum Gasteiger partial charge on any atom is -0.321 e. The summed E-state index contributed by atoms with van der Waals surface area (Å²) >= 11 is 7.62. The van der Waals surface area contributed by atoms with Gasteiger partial charge in [-0.3, -0.25) is 19.0 Å². The highest BCUT2D eigenvalue weighted by Gasteiger charge is 2.23. The van der Waals surface area contributed by atoms with Crippen LogP contribution in [0.1, 0.15) is 44.8 Å². The number of rotatable bonds is 8. The predicted molar refractivity (Wildman–Crippen MR) is 178 cm³/mol. The van der Waals surface area contributed by atoms with E-state index in [0.29, 0.717) is 11.3 Å². The van der Waals surface area contributed by atoms with Gasteiger partial charge in [-0.05, 0) is 91.9 Å². The minimum atomic E-state index is -0.654. The van der Waals surface area contributed by atoms with Crippen LogP contribution in [0.2, 0.25) is 5.02 Å². The number of halogens is 2. The molecule has 45 heavy (non-hydrogen) atoms. The molecule has 0 spiro atoms. The first kappa shape index (κ1) is 30.4. The van der Waals surface area contributed by atoms with E-state index in [-0.39, 0.29) is 27.9 Å². The van der Waals surface area contributed by atoms with Gasteiger partial charge < -0.3 is 10.6 Å². The molecule has 226 valence electrons. The quantitative estimate of drug-likeness (QED) is 0.133. The second-order valence-corrected chi connectivity index (χ2v) is 12.1. The molecule has 1 aromatic heterocycles. The number of nitrogens with zero attached hydrogens (tertiary/aromatic N) is 1. The molecule has 0 aliphatic heterocycles. The summed E-state index contributed by atoms with van der Waals surface area (Å²) in [5, 5.41) is 6.61. The van der Waals surface area contributed by atoms with Crippen molar-refractivity contribution in [3.63, 3.8) is 0 Å². The Bertz CT molecular complexity index is 1920. The maximum Gasteiger partial charge on any atom is 0.272 e. The summed E-state index contributed by atoms with van der Waals surface area (Å²) in [4.78, 5) is 40.5. The van der Waals surface area contributed by atoms with Crippen molar-refractivity contribution in [1.82, 2.24) is 9.88 Å². The molecular weight excluding hydrogens is 609 g/mol. The molecule has 0 fully saturated rings. The van der Waals surface area contributed by atoms with E-state index in [9.17, 15) is 18.8 Å². The average Bonchev–Trinajstić information content (AvgIpc) is 3.40. The van der Waals surface area contributed by atoms with Crippen molar-refractivity contribution in [1.29, 1.82) is 0 Å². The maximum absolute atomic E-state index is 14.6. The van der Waals surface area contributed by atoms with Gasteiger partial charge >= 0.3 is 0 Å². The van der Waals surface area contributed by atoms with Crippen molar-refractivity contribution in [2.24, 2.45) is 0 Å². The van der Waals surface area contributed by atoms with Gasteiger partial charge in [-0.1, -0.05) is 54.1 Å². The Hall–Kier alpha value is -4.66. The summed E-state index contributed by atoms with van der Waals surface area (Å²) < 4.78 is 16.5. The van der Waals surface area contributed by atoms with Crippen LogP contribution in [0, 0.1) is 5.82 Å². The molecule has 1 aliphatic rings. The monoisotopic (exact) mass is 637 g/mol. The third kappa shape index (κ3) is 6.72. The van der Waals surface area contributed by atoms with Gasteiger partial charge in [0.1, 0.15) is 11.5 Å². The molecule has 6 rings (SSSR count). The second kappa shape index (κ2) is 13.5. The summed E-state index contributed by atoms with van der Waals surface area (Å²) in [5.41, 5.74) is 3.98. The average molecular weight is 638 g/mol. The molecule has 5 aromatic rings. The number of nitrogens with one attached hydrogen (secondary N) is 2. The zero-order valence-corrected chi connectivity index (χ0v) is 25.8. The van der Waals surface area contributed by atoms with Gasteiger partial charge in [0.2, 0.25) is 5.91 Å². The lowest BCUT2D eigenvalue weighted by Crippen LogP contribution is -2.30. The zero-order chi connectivity index (χ0) is 31.3. The predicted octanol–water partition coefficient (Wildman–Crippen LogP) is 8.15. The topological polar surface area (TPSA) is 80.2 Å². The van der Waals surface area contributed by atoms with E-state index < -0.39 is 17.6 Å². The number of aryl methyl sites for hydroxylation is 1. The smallest absolute Gasteiger partial charge is 0.272 e. The number of carbonyl (C=O) groups is 3. The van der Waals surface area contributed by atoms with Crippen LogP contribution < -0.4 is 10.6 Å². The fourth-order valence-electron chi connectivity index (χ4n) is 5.56. The normalized spacial score (nSPS) is 12.9. The molecule has 1 aliphatic carbocycles. The van der Waals surface area contributed by atoms with E-state index in [1.54, 1.807) is 42.5 Å². The number of hydrogen-bond acceptors (Lipinski definition) is 4. The minimum absolute atomic E-state index is 0.0224. The molecule has 0 radical (unpaired) electrons. The van der Waals surface area contributed by atoms with Gasteiger partial charge in [0.25, 0.3) is 11.8 Å². The maximum atomic E-state index is 14.6. The molecule has 6 nitrogen and oxygen atoms in total. The number of carbonyl (C=O) groups excluding carboxylic acids is 3. The van der Waals surface area contributed by atoms with Crippen LogP contribution in [-0.2, 0) is 17.6 Å². The van der Waals surface area contributed by atoms with Crippen molar-refractivity contribution in [2.75, 3.05) is 11.1 Å². The summed E-state index contributed by atoms with van der Waals surface area (Å²) in [7, 11) is 0. The fourth-order valence-corrected chi connectivity index (χ4v) is 6.52. The van der Waals surface area contributed by atoms with Crippen molar-refractivity contribution in [3.05, 3.63) is 136 Å². The van der Waals surface area contributed by atoms with Crippen molar-refractivity contribution < 1.29 is 18.8 Å². The van der Waals surface area contributed by atoms with Crippen LogP contribution >= 0.6 is 23.4 Å². The lowest BCUT2D eigenvalue weighted by molar-refractivity contribution is -0.113. The van der Waals surface area contributed by atoms with Gasteiger partial charge in [0.15, 0.2) is 0 Å². The Morgan fingerprint density at radius 3 is 2.38 bits per heavy atom. The Balaban J connectivity index is 1.16. The Morgan fingerprint density at radius 2 is 1.60 bits per heavy atom. The first-order valence-corrected chi connectivity index (χ1v) is 16.0. The molecule has 0 bridgehead atoms. The number of benzene rings is 4. The van der Waals surface area contributed by atoms with Crippen LogP contribution in [0.4, 0.5) is 10.1 Å². The Labute approximate surface area is 269 Å². The second-order valence-electron chi connectivity index (χ2n) is 10.7. The third-order valence-electron chi connectivity index (χ3n) is 7.72. The van der Waals surface area contributed by atoms with Crippen LogP contribution in [0.25, 0.3) is 17.0 Å². The van der Waals surface area contributed by atoms with Crippen LogP contribution in [0.15, 0.2) is 108 Å². The summed E-state index contributed by atoms with van der Waals surface area (Å²) in [6.45, 7) is 0. The first-order valence-electron chi connectivity index (χ1n) is 14.6. The standard InChI is InChI=1S/C36H29ClFN3O3S/c37-29-13-8-14-30(38)28(29)21-31(40-35(43)23-9-2-1-3-10-23)36(44)39-24-17-19-25(20-18-24)45-22-34(42)41-32-15-6-4-11-26(32)27-12-5-7-16-33(27)41/h1-4,6,8-11,13-15,17-21H,5,7,12,16,22H2,(H,39,44)(H,40,43)/b31-21-. The van der Waals surface area contributed by atoms with Gasteiger partial charge in [0, 0.05) is 32.8 Å². The number of thioether (sulfide) groups is 1. The lowest BCUT2D eigenvalue weighted by atomic mass is 9.96. The summed E-state index contributed by atoms with van der Waals surface area (Å²) in [5.74, 6) is -1.52. The summed E-state index contributed by atoms with van der Waals surface area (Å²) in [6.07, 6.45) is 5.33. The molecule has 1 heterocycles. The SMILES string of the molecule is O=C(Nc1ccc(SCC(=O)n2c3c(c4ccccc42)CCCC3)cc1)/C(=C/c1c(F)cccc1Cl)NC(=O)c1ccccc1. The highest BCUT2D eigenvalue weighted by atomic mass is 35.5. The molecule has 9 heteroatoms. The number of aromatic nitrogens is 1. The Kier molecular flexibility index (Phi) is 9.14. The molecule has 0 saturated heterocycles. The number of fused-ring (bicyclic) bond motifs is 3. The largest absolute Gasteiger partial charge is 0.321 e. The van der Waals surface area contributed by atoms with E-state index in [1.807, 2.05) is 34.9 Å². The summed E-state index contributed by atoms with van der Waals surface area (Å²) in [6, 6.07) is 27.7. The molecule has 4 aromatic carbocycles. The molecule has 2 N–H and O–H groups in total. The van der Waals surface area contributed by atoms with E-state index in [0.717, 1.165) is 47.2 Å². The fraction of sp³-hybridized carbons (Fsp3) is 0.139. The van der Waals surface area contributed by atoms with E-state index in [2.05, 4.69) is 16.7 Å². The van der Waals surface area contributed by atoms with Gasteiger partial charge in [-0.25, -0.2) is 4.39 Å². The van der Waals surface area contributed by atoms with Crippen molar-refractivity contribution >= 4 is 63.8 Å². The molecule has 0 unspecified atom stereocenters. The molecular formula is C36H29ClFN3O3S. The molecule has 0 saturated carbocycles. The van der Waals surface area contributed by atoms with Crippen LogP contribution in [0.3, 0.4) is 0 Å². The Morgan fingerprint density at radius 1 is 0.867 bits per heavy atom. The number of anilines is 1. The number of para-hydroxylation sites is 1. The van der Waals surface area contributed by atoms with Crippen LogP contribution in [0.5, 0.6) is 0 Å². The van der Waals surface area contributed by atoms with Gasteiger partial charge in [0.05, 0.1) is 16.3 Å². The van der Waals surface area contributed by atoms with Crippen molar-refractivity contribution in [3.8, 4) is 0 Å². The number of amides is 2.